The Morgan fingerprint density at radius 1 is 1.44 bits per heavy atom. The molecule has 1 atom stereocenters. The molecule has 0 unspecified atom stereocenters. The van der Waals surface area contributed by atoms with Crippen LogP contribution in [0.3, 0.4) is 0 Å². The van der Waals surface area contributed by atoms with E-state index in [2.05, 4.69) is 25.8 Å². The molecule has 2 heterocycles. The Balaban J connectivity index is 1.94. The van der Waals surface area contributed by atoms with Gasteiger partial charge in [0.1, 0.15) is 12.1 Å². The van der Waals surface area contributed by atoms with Crippen LogP contribution < -0.4 is 10.6 Å². The molecule has 0 fully saturated rings. The van der Waals surface area contributed by atoms with E-state index in [0.29, 0.717) is 11.6 Å². The zero-order chi connectivity index (χ0) is 13.0. The molecule has 0 spiro atoms. The summed E-state index contributed by atoms with van der Waals surface area (Å²) in [6, 6.07) is 4.73. The number of carbonyl (C=O) groups is 1. The van der Waals surface area contributed by atoms with Gasteiger partial charge >= 0.3 is 6.03 Å². The molecule has 0 aromatic carbocycles. The maximum absolute atomic E-state index is 11.7. The lowest BCUT2D eigenvalue weighted by atomic mass is 10.3. The second-order valence-corrected chi connectivity index (χ2v) is 3.84. The Morgan fingerprint density at radius 3 is 2.89 bits per heavy atom. The minimum absolute atomic E-state index is 0.235. The number of pyridine rings is 1. The van der Waals surface area contributed by atoms with Crippen LogP contribution in [0.2, 0.25) is 0 Å². The lowest BCUT2D eigenvalue weighted by Crippen LogP contribution is -2.32. The van der Waals surface area contributed by atoms with Crippen LogP contribution in [0.25, 0.3) is 0 Å². The Bertz CT molecular complexity index is 523. The number of nitrogens with zero attached hydrogens (tertiary/aromatic N) is 4. The largest absolute Gasteiger partial charge is 0.328 e. The molecule has 0 aliphatic heterocycles. The quantitative estimate of drug-likeness (QED) is 0.849. The van der Waals surface area contributed by atoms with Crippen LogP contribution >= 0.6 is 0 Å². The summed E-state index contributed by atoms with van der Waals surface area (Å²) in [5, 5.41) is 13.1. The number of urea groups is 1. The molecule has 0 radical (unpaired) electrons. The molecule has 2 rings (SSSR count). The number of nitrogens with one attached hydrogen (secondary N) is 2. The maximum Gasteiger partial charge on any atom is 0.320 e. The van der Waals surface area contributed by atoms with E-state index in [1.807, 2.05) is 14.0 Å². The third-order valence-corrected chi connectivity index (χ3v) is 2.39. The Hall–Kier alpha value is -2.44. The molecule has 7 nitrogen and oxygen atoms in total. The van der Waals surface area contributed by atoms with Crippen molar-refractivity contribution in [1.82, 2.24) is 25.1 Å². The van der Waals surface area contributed by atoms with Gasteiger partial charge in [-0.2, -0.15) is 0 Å². The van der Waals surface area contributed by atoms with E-state index in [4.69, 9.17) is 0 Å². The van der Waals surface area contributed by atoms with Gasteiger partial charge in [0, 0.05) is 13.2 Å². The van der Waals surface area contributed by atoms with Gasteiger partial charge in [-0.05, 0) is 19.1 Å². The molecule has 0 saturated carbocycles. The molecule has 94 valence electrons. The number of hydrogen-bond acceptors (Lipinski definition) is 4. The number of aromatic nitrogens is 4. The van der Waals surface area contributed by atoms with Gasteiger partial charge in [0.25, 0.3) is 0 Å². The number of anilines is 1. The first kappa shape index (κ1) is 12.0. The lowest BCUT2D eigenvalue weighted by Gasteiger charge is -2.13. The van der Waals surface area contributed by atoms with Crippen molar-refractivity contribution in [2.24, 2.45) is 7.05 Å². The molecule has 0 aliphatic rings. The normalized spacial score (nSPS) is 11.9. The summed E-state index contributed by atoms with van der Waals surface area (Å²) in [5.41, 5.74) is 0. The van der Waals surface area contributed by atoms with Crippen molar-refractivity contribution in [3.05, 3.63) is 36.5 Å². The average Bonchev–Trinajstić information content (AvgIpc) is 2.76. The maximum atomic E-state index is 11.7. The number of rotatable bonds is 3. The lowest BCUT2D eigenvalue weighted by molar-refractivity contribution is 0.248. The summed E-state index contributed by atoms with van der Waals surface area (Å²) in [5.74, 6) is 1.19. The van der Waals surface area contributed by atoms with E-state index in [1.54, 1.807) is 35.3 Å². The average molecular weight is 246 g/mol. The Labute approximate surface area is 104 Å². The van der Waals surface area contributed by atoms with E-state index < -0.39 is 0 Å². The highest BCUT2D eigenvalue weighted by atomic mass is 16.2. The fourth-order valence-corrected chi connectivity index (χ4v) is 1.53. The molecule has 2 aromatic heterocycles. The summed E-state index contributed by atoms with van der Waals surface area (Å²) in [6.07, 6.45) is 3.20. The van der Waals surface area contributed by atoms with Crippen LogP contribution in [-0.2, 0) is 7.05 Å². The molecule has 18 heavy (non-hydrogen) atoms. The first-order chi connectivity index (χ1) is 8.66. The smallest absolute Gasteiger partial charge is 0.320 e. The van der Waals surface area contributed by atoms with Crippen molar-refractivity contribution in [3.8, 4) is 0 Å². The molecule has 0 saturated heterocycles. The van der Waals surface area contributed by atoms with E-state index in [-0.39, 0.29) is 12.1 Å². The molecule has 7 heteroatoms. The molecule has 2 amide bonds. The van der Waals surface area contributed by atoms with Crippen LogP contribution in [0.1, 0.15) is 18.8 Å². The summed E-state index contributed by atoms with van der Waals surface area (Å²) >= 11 is 0. The fourth-order valence-electron chi connectivity index (χ4n) is 1.53. The number of amides is 2. The zero-order valence-corrected chi connectivity index (χ0v) is 10.2. The Morgan fingerprint density at radius 2 is 2.28 bits per heavy atom. The first-order valence-electron chi connectivity index (χ1n) is 5.49. The van der Waals surface area contributed by atoms with Crippen LogP contribution in [0.4, 0.5) is 10.6 Å². The van der Waals surface area contributed by atoms with Gasteiger partial charge in [-0.15, -0.1) is 10.2 Å². The highest BCUT2D eigenvalue weighted by Crippen LogP contribution is 2.07. The van der Waals surface area contributed by atoms with Crippen molar-refractivity contribution in [2.45, 2.75) is 13.0 Å². The molecule has 2 aromatic rings. The fraction of sp³-hybridized carbons (Fsp3) is 0.273. The van der Waals surface area contributed by atoms with Gasteiger partial charge in [-0.3, -0.25) is 5.32 Å². The van der Waals surface area contributed by atoms with Gasteiger partial charge in [-0.1, -0.05) is 6.07 Å². The van der Waals surface area contributed by atoms with Gasteiger partial charge in [0.2, 0.25) is 0 Å². The van der Waals surface area contributed by atoms with Gasteiger partial charge in [0.15, 0.2) is 5.82 Å². The summed E-state index contributed by atoms with van der Waals surface area (Å²) in [7, 11) is 1.82. The number of carbonyl (C=O) groups excluding carboxylic acids is 1. The molecule has 0 bridgehead atoms. The number of hydrogen-bond donors (Lipinski definition) is 2. The predicted molar refractivity (Wildman–Crippen MR) is 65.8 cm³/mol. The Kier molecular flexibility index (Phi) is 3.52. The van der Waals surface area contributed by atoms with E-state index in [0.717, 1.165) is 0 Å². The third-order valence-electron chi connectivity index (χ3n) is 2.39. The predicted octanol–water partition coefficient (Wildman–Crippen LogP) is 1.09. The number of aryl methyl sites for hydroxylation is 1. The van der Waals surface area contributed by atoms with Gasteiger partial charge in [-0.25, -0.2) is 9.78 Å². The third kappa shape index (κ3) is 2.82. The second-order valence-electron chi connectivity index (χ2n) is 3.84. The van der Waals surface area contributed by atoms with Crippen LogP contribution in [-0.4, -0.2) is 25.8 Å². The minimum atomic E-state index is -0.329. The van der Waals surface area contributed by atoms with E-state index >= 15 is 0 Å². The molecular weight excluding hydrogens is 232 g/mol. The van der Waals surface area contributed by atoms with Gasteiger partial charge < -0.3 is 9.88 Å². The highest BCUT2D eigenvalue weighted by Gasteiger charge is 2.14. The van der Waals surface area contributed by atoms with Gasteiger partial charge in [0.05, 0.1) is 6.04 Å². The zero-order valence-electron chi connectivity index (χ0n) is 10.2. The van der Waals surface area contributed by atoms with Crippen molar-refractivity contribution in [2.75, 3.05) is 5.32 Å². The van der Waals surface area contributed by atoms with E-state index in [1.165, 1.54) is 0 Å². The minimum Gasteiger partial charge on any atom is -0.328 e. The van der Waals surface area contributed by atoms with Crippen molar-refractivity contribution >= 4 is 11.8 Å². The van der Waals surface area contributed by atoms with Crippen molar-refractivity contribution in [3.63, 3.8) is 0 Å². The first-order valence-corrected chi connectivity index (χ1v) is 5.49. The SMILES string of the molecule is C[C@H](NC(=O)Nc1ccccn1)c1nncn1C. The second kappa shape index (κ2) is 5.26. The van der Waals surface area contributed by atoms with Crippen LogP contribution in [0.15, 0.2) is 30.7 Å². The van der Waals surface area contributed by atoms with Crippen molar-refractivity contribution in [1.29, 1.82) is 0 Å². The summed E-state index contributed by atoms with van der Waals surface area (Å²) < 4.78 is 1.76. The monoisotopic (exact) mass is 246 g/mol. The van der Waals surface area contributed by atoms with Crippen LogP contribution in [0.5, 0.6) is 0 Å². The van der Waals surface area contributed by atoms with Crippen molar-refractivity contribution < 1.29 is 4.79 Å². The topological polar surface area (TPSA) is 84.7 Å². The molecule has 0 aliphatic carbocycles. The summed E-state index contributed by atoms with van der Waals surface area (Å²) in [4.78, 5) is 15.7. The summed E-state index contributed by atoms with van der Waals surface area (Å²) in [6.45, 7) is 1.84. The molecule has 2 N–H and O–H groups in total. The highest BCUT2D eigenvalue weighted by molar-refractivity contribution is 5.88. The van der Waals surface area contributed by atoms with Crippen LogP contribution in [0, 0.1) is 0 Å². The standard InChI is InChI=1S/C11H14N6O/c1-8(10-16-13-7-17(10)2)14-11(18)15-9-5-3-4-6-12-9/h3-8H,1-2H3,(H2,12,14,15,18)/t8-/m0/s1. The van der Waals surface area contributed by atoms with E-state index in [9.17, 15) is 4.79 Å². The molecular formula is C11H14N6O.